The van der Waals surface area contributed by atoms with Crippen molar-refractivity contribution in [1.29, 1.82) is 0 Å². The van der Waals surface area contributed by atoms with E-state index in [4.69, 9.17) is 16.0 Å². The molecule has 1 aromatic heterocycles. The van der Waals surface area contributed by atoms with Crippen molar-refractivity contribution in [3.05, 3.63) is 65.6 Å². The molecule has 0 spiro atoms. The Morgan fingerprint density at radius 3 is 2.34 bits per heavy atom. The minimum absolute atomic E-state index is 0.242. The summed E-state index contributed by atoms with van der Waals surface area (Å²) < 4.78 is 5.47. The van der Waals surface area contributed by atoms with Crippen molar-refractivity contribution in [2.75, 3.05) is 10.6 Å². The molecule has 3 aromatic rings. The Labute approximate surface area is 188 Å². The van der Waals surface area contributed by atoms with Gasteiger partial charge in [-0.2, -0.15) is 0 Å². The summed E-state index contributed by atoms with van der Waals surface area (Å²) in [7, 11) is 0. The van der Waals surface area contributed by atoms with Gasteiger partial charge in [0, 0.05) is 11.3 Å². The van der Waals surface area contributed by atoms with Gasteiger partial charge < -0.3 is 25.5 Å². The number of aromatic nitrogens is 1. The summed E-state index contributed by atoms with van der Waals surface area (Å²) in [5.74, 6) is -2.08. The van der Waals surface area contributed by atoms with Gasteiger partial charge in [0.1, 0.15) is 6.04 Å². The van der Waals surface area contributed by atoms with E-state index in [1.807, 2.05) is 0 Å². The monoisotopic (exact) mass is 456 g/mol. The Hall–Kier alpha value is -3.85. The highest BCUT2D eigenvalue weighted by Gasteiger charge is 2.26. The number of nitrogens with one attached hydrogen (secondary N) is 3. The van der Waals surface area contributed by atoms with Gasteiger partial charge in [-0.05, 0) is 42.3 Å². The standard InChI is InChI=1S/C22H21ClN4O5/c1-12(2)18(21(29)30)27-19(28)20-24-11-17(32-20)13-7-9-14(10-8-13)25-22(31)26-16-6-4-3-5-15(16)23/h3-12,18H,1-2H3,(H,27,28)(H,29,30)(H2,25,26,31)/t18-/m0/s1. The quantitative estimate of drug-likeness (QED) is 0.414. The molecule has 0 fully saturated rings. The first-order chi connectivity index (χ1) is 15.2. The average Bonchev–Trinajstić information content (AvgIpc) is 3.24. The molecule has 0 aliphatic heterocycles. The van der Waals surface area contributed by atoms with Gasteiger partial charge in [-0.15, -0.1) is 0 Å². The third-order valence-electron chi connectivity index (χ3n) is 4.47. The molecule has 9 nitrogen and oxygen atoms in total. The number of urea groups is 1. The zero-order valence-corrected chi connectivity index (χ0v) is 18.0. The highest BCUT2D eigenvalue weighted by molar-refractivity contribution is 6.33. The van der Waals surface area contributed by atoms with Crippen molar-refractivity contribution in [3.8, 4) is 11.3 Å². The predicted octanol–water partition coefficient (Wildman–Crippen LogP) is 4.48. The van der Waals surface area contributed by atoms with Crippen molar-refractivity contribution in [2.24, 2.45) is 5.92 Å². The fraction of sp³-hybridized carbons (Fsp3) is 0.182. The lowest BCUT2D eigenvalue weighted by atomic mass is 10.1. The maximum absolute atomic E-state index is 12.3. The van der Waals surface area contributed by atoms with E-state index in [2.05, 4.69) is 20.9 Å². The smallest absolute Gasteiger partial charge is 0.326 e. The van der Waals surface area contributed by atoms with Gasteiger partial charge in [-0.1, -0.05) is 37.6 Å². The van der Waals surface area contributed by atoms with E-state index in [0.29, 0.717) is 27.7 Å². The summed E-state index contributed by atoms with van der Waals surface area (Å²) in [6.45, 7) is 3.37. The number of benzene rings is 2. The summed E-state index contributed by atoms with van der Waals surface area (Å²) >= 11 is 6.03. The van der Waals surface area contributed by atoms with Crippen LogP contribution in [0, 0.1) is 5.92 Å². The first-order valence-electron chi connectivity index (χ1n) is 9.67. The van der Waals surface area contributed by atoms with Crippen LogP contribution in [-0.2, 0) is 4.79 Å². The lowest BCUT2D eigenvalue weighted by molar-refractivity contribution is -0.140. The number of anilines is 2. The first-order valence-corrected chi connectivity index (χ1v) is 10.0. The van der Waals surface area contributed by atoms with Crippen molar-refractivity contribution in [3.63, 3.8) is 0 Å². The molecular formula is C22H21ClN4O5. The fourth-order valence-corrected chi connectivity index (χ4v) is 2.98. The van der Waals surface area contributed by atoms with E-state index in [1.165, 1.54) is 6.20 Å². The number of carbonyl (C=O) groups is 3. The highest BCUT2D eigenvalue weighted by atomic mass is 35.5. The summed E-state index contributed by atoms with van der Waals surface area (Å²) in [6, 6.07) is 12.0. The number of aliphatic carboxylic acids is 1. The summed E-state index contributed by atoms with van der Waals surface area (Å²) in [5, 5.41) is 17.4. The van der Waals surface area contributed by atoms with Crippen LogP contribution in [-0.4, -0.2) is 34.0 Å². The van der Waals surface area contributed by atoms with E-state index < -0.39 is 23.9 Å². The molecule has 0 saturated carbocycles. The molecule has 0 radical (unpaired) electrons. The number of hydrogen-bond acceptors (Lipinski definition) is 5. The van der Waals surface area contributed by atoms with Gasteiger partial charge in [0.2, 0.25) is 0 Å². The third kappa shape index (κ3) is 5.64. The summed E-state index contributed by atoms with van der Waals surface area (Å²) in [5.41, 5.74) is 1.63. The number of carboxylic acid groups (broad SMARTS) is 1. The van der Waals surface area contributed by atoms with E-state index >= 15 is 0 Å². The average molecular weight is 457 g/mol. The molecule has 0 aliphatic carbocycles. The number of halogens is 1. The molecule has 32 heavy (non-hydrogen) atoms. The van der Waals surface area contributed by atoms with Gasteiger partial charge in [0.25, 0.3) is 5.89 Å². The summed E-state index contributed by atoms with van der Waals surface area (Å²) in [4.78, 5) is 39.6. The lowest BCUT2D eigenvalue weighted by Gasteiger charge is -2.16. The Morgan fingerprint density at radius 1 is 1.03 bits per heavy atom. The van der Waals surface area contributed by atoms with Crippen molar-refractivity contribution in [1.82, 2.24) is 10.3 Å². The Morgan fingerprint density at radius 2 is 1.72 bits per heavy atom. The number of carboxylic acids is 1. The Bertz CT molecular complexity index is 1130. The number of rotatable bonds is 7. The number of carbonyl (C=O) groups excluding carboxylic acids is 2. The molecule has 166 valence electrons. The SMILES string of the molecule is CC(C)[C@H](NC(=O)c1ncc(-c2ccc(NC(=O)Nc3ccccc3Cl)cc2)o1)C(=O)O. The molecule has 0 unspecified atom stereocenters. The molecule has 0 aliphatic rings. The number of amides is 3. The number of nitrogens with zero attached hydrogens (tertiary/aromatic N) is 1. The molecule has 2 aromatic carbocycles. The minimum Gasteiger partial charge on any atom is -0.480 e. The van der Waals surface area contributed by atoms with E-state index in [-0.39, 0.29) is 11.8 Å². The molecule has 10 heteroatoms. The molecule has 0 saturated heterocycles. The van der Waals surface area contributed by atoms with Crippen LogP contribution < -0.4 is 16.0 Å². The van der Waals surface area contributed by atoms with Gasteiger partial charge in [-0.3, -0.25) is 4.79 Å². The van der Waals surface area contributed by atoms with Crippen LogP contribution >= 0.6 is 11.6 Å². The molecule has 1 heterocycles. The predicted molar refractivity (Wildman–Crippen MR) is 120 cm³/mol. The largest absolute Gasteiger partial charge is 0.480 e. The van der Waals surface area contributed by atoms with Gasteiger partial charge in [0.15, 0.2) is 5.76 Å². The van der Waals surface area contributed by atoms with E-state index in [1.54, 1.807) is 62.4 Å². The van der Waals surface area contributed by atoms with Crippen LogP contribution in [0.25, 0.3) is 11.3 Å². The second-order valence-corrected chi connectivity index (χ2v) is 7.61. The molecule has 3 rings (SSSR count). The maximum atomic E-state index is 12.3. The van der Waals surface area contributed by atoms with Gasteiger partial charge >= 0.3 is 17.9 Å². The van der Waals surface area contributed by atoms with E-state index in [9.17, 15) is 19.5 Å². The second-order valence-electron chi connectivity index (χ2n) is 7.20. The highest BCUT2D eigenvalue weighted by Crippen LogP contribution is 2.24. The normalized spacial score (nSPS) is 11.6. The number of hydrogen-bond donors (Lipinski definition) is 4. The van der Waals surface area contributed by atoms with Crippen molar-refractivity contribution >= 4 is 40.9 Å². The molecule has 4 N–H and O–H groups in total. The zero-order chi connectivity index (χ0) is 23.3. The molecular weight excluding hydrogens is 436 g/mol. The fourth-order valence-electron chi connectivity index (χ4n) is 2.79. The van der Waals surface area contributed by atoms with Crippen LogP contribution in [0.2, 0.25) is 5.02 Å². The zero-order valence-electron chi connectivity index (χ0n) is 17.3. The maximum Gasteiger partial charge on any atom is 0.326 e. The third-order valence-corrected chi connectivity index (χ3v) is 4.80. The van der Waals surface area contributed by atoms with Crippen LogP contribution in [0.15, 0.2) is 59.1 Å². The number of oxazole rings is 1. The Balaban J connectivity index is 1.63. The lowest BCUT2D eigenvalue weighted by Crippen LogP contribution is -2.44. The second kappa shape index (κ2) is 9.97. The first kappa shape index (κ1) is 22.8. The molecule has 3 amide bonds. The van der Waals surface area contributed by atoms with Crippen molar-refractivity contribution in [2.45, 2.75) is 19.9 Å². The van der Waals surface area contributed by atoms with Gasteiger partial charge in [-0.25, -0.2) is 14.6 Å². The number of para-hydroxylation sites is 1. The molecule has 0 bridgehead atoms. The molecule has 1 atom stereocenters. The minimum atomic E-state index is -1.14. The Kier molecular flexibility index (Phi) is 7.11. The summed E-state index contributed by atoms with van der Waals surface area (Å²) in [6.07, 6.45) is 1.37. The van der Waals surface area contributed by atoms with E-state index in [0.717, 1.165) is 0 Å². The topological polar surface area (TPSA) is 134 Å². The van der Waals surface area contributed by atoms with Crippen LogP contribution in [0.3, 0.4) is 0 Å². The van der Waals surface area contributed by atoms with Crippen molar-refractivity contribution < 1.29 is 23.9 Å². The van der Waals surface area contributed by atoms with Crippen LogP contribution in [0.5, 0.6) is 0 Å². The van der Waals surface area contributed by atoms with Crippen LogP contribution in [0.4, 0.5) is 16.2 Å². The van der Waals surface area contributed by atoms with Gasteiger partial charge in [0.05, 0.1) is 16.9 Å². The van der Waals surface area contributed by atoms with Crippen LogP contribution in [0.1, 0.15) is 24.5 Å².